The van der Waals surface area contributed by atoms with Gasteiger partial charge < -0.3 is 10.8 Å². The van der Waals surface area contributed by atoms with E-state index in [4.69, 9.17) is 10.8 Å². The van der Waals surface area contributed by atoms with Gasteiger partial charge in [0, 0.05) is 18.3 Å². The Kier molecular flexibility index (Phi) is 3.60. The predicted molar refractivity (Wildman–Crippen MR) is 92.3 cm³/mol. The van der Waals surface area contributed by atoms with Crippen molar-refractivity contribution >= 4 is 23.6 Å². The van der Waals surface area contributed by atoms with Crippen LogP contribution in [0.1, 0.15) is 31.2 Å². The number of hydrogen-bond acceptors (Lipinski definition) is 6. The van der Waals surface area contributed by atoms with E-state index in [9.17, 15) is 23.6 Å². The zero-order valence-corrected chi connectivity index (χ0v) is 13.8. The predicted octanol–water partition coefficient (Wildman–Crippen LogP) is 0.326. The van der Waals surface area contributed by atoms with Crippen LogP contribution in [0.4, 0.5) is 10.2 Å². The van der Waals surface area contributed by atoms with Gasteiger partial charge >= 0.3 is 5.97 Å². The number of aromatic carboxylic acids is 1. The van der Waals surface area contributed by atoms with Crippen molar-refractivity contribution in [3.8, 4) is 11.4 Å². The largest absolute Gasteiger partial charge is 0.476 e. The molecule has 28 heavy (non-hydrogen) atoms. The van der Waals surface area contributed by atoms with Crippen LogP contribution >= 0.6 is 0 Å². The van der Waals surface area contributed by atoms with Gasteiger partial charge in [0.25, 0.3) is 17.4 Å². The van der Waals surface area contributed by atoms with Crippen molar-refractivity contribution in [1.82, 2.24) is 19.7 Å². The molecule has 0 atom stereocenters. The highest BCUT2D eigenvalue weighted by Crippen LogP contribution is 2.26. The lowest BCUT2D eigenvalue weighted by Crippen LogP contribution is -2.25. The molecular formula is C17H10FN5O5. The number of nitrogens with zero attached hydrogens (tertiary/aromatic N) is 3. The highest BCUT2D eigenvalue weighted by molar-refractivity contribution is 6.23. The molecule has 0 radical (unpaired) electrons. The van der Waals surface area contributed by atoms with Crippen LogP contribution in [-0.4, -0.2) is 37.2 Å². The Morgan fingerprint density at radius 1 is 1.11 bits per heavy atom. The van der Waals surface area contributed by atoms with E-state index in [1.165, 1.54) is 18.3 Å². The summed E-state index contributed by atoms with van der Waals surface area (Å²) in [6.45, 7) is 0. The molecule has 0 bridgehead atoms. The van der Waals surface area contributed by atoms with Gasteiger partial charge in [-0.1, -0.05) is 0 Å². The van der Waals surface area contributed by atoms with Crippen molar-refractivity contribution in [3.05, 3.63) is 69.5 Å². The van der Waals surface area contributed by atoms with Crippen LogP contribution in [0.3, 0.4) is 0 Å². The summed E-state index contributed by atoms with van der Waals surface area (Å²) < 4.78 is 15.9. The fourth-order valence-electron chi connectivity index (χ4n) is 2.97. The first kappa shape index (κ1) is 17.1. The normalized spacial score (nSPS) is 12.8. The second kappa shape index (κ2) is 5.87. The number of halogens is 1. The Hall–Kier alpha value is -4.28. The van der Waals surface area contributed by atoms with Gasteiger partial charge in [-0.15, -0.1) is 0 Å². The Labute approximate surface area is 154 Å². The number of rotatable bonds is 3. The maximum absolute atomic E-state index is 13.9. The number of nitrogens with two attached hydrogens (primary N) is 1. The van der Waals surface area contributed by atoms with Gasteiger partial charge in [0.05, 0.1) is 22.5 Å². The lowest BCUT2D eigenvalue weighted by molar-refractivity contribution is 0.0689. The fourth-order valence-corrected chi connectivity index (χ4v) is 2.97. The first-order valence-electron chi connectivity index (χ1n) is 7.78. The van der Waals surface area contributed by atoms with Gasteiger partial charge in [-0.2, -0.15) is 5.10 Å². The molecule has 3 aromatic rings. The number of nitrogens with one attached hydrogen (secondary N) is 1. The third-order valence-corrected chi connectivity index (χ3v) is 4.19. The molecule has 0 saturated heterocycles. The van der Waals surface area contributed by atoms with Crippen LogP contribution in [0.2, 0.25) is 0 Å². The number of benzene rings is 1. The monoisotopic (exact) mass is 383 g/mol. The molecule has 1 aliphatic rings. The highest BCUT2D eigenvalue weighted by Gasteiger charge is 2.32. The van der Waals surface area contributed by atoms with Crippen LogP contribution in [0, 0.1) is 5.82 Å². The summed E-state index contributed by atoms with van der Waals surface area (Å²) in [7, 11) is 0. The minimum atomic E-state index is -1.27. The quantitative estimate of drug-likeness (QED) is 0.552. The summed E-state index contributed by atoms with van der Waals surface area (Å²) in [5.74, 6) is -3.88. The molecule has 11 heteroatoms. The summed E-state index contributed by atoms with van der Waals surface area (Å²) in [5, 5.41) is 14.9. The maximum Gasteiger partial charge on any atom is 0.356 e. The number of hydrogen-bond donors (Lipinski definition) is 3. The van der Waals surface area contributed by atoms with E-state index in [1.54, 1.807) is 0 Å². The number of fused-ring (bicyclic) bond motifs is 1. The van der Waals surface area contributed by atoms with Crippen LogP contribution in [0.15, 0.2) is 41.3 Å². The van der Waals surface area contributed by atoms with Crippen molar-refractivity contribution in [2.75, 3.05) is 5.73 Å². The molecule has 0 spiro atoms. The number of carbonyl (C=O) groups excluding carboxylic acids is 2. The SMILES string of the molecule is Nc1c2c(cc(=O)n1-c1cc(F)ccc1-n1ccc(C(=O)O)n1)C(=O)NC2=O. The third-order valence-electron chi connectivity index (χ3n) is 4.19. The van der Waals surface area contributed by atoms with Crippen molar-refractivity contribution < 1.29 is 23.9 Å². The average molecular weight is 383 g/mol. The maximum atomic E-state index is 13.9. The first-order valence-corrected chi connectivity index (χ1v) is 7.78. The average Bonchev–Trinajstić information content (AvgIpc) is 3.21. The summed E-state index contributed by atoms with van der Waals surface area (Å²) in [6.07, 6.45) is 1.31. The van der Waals surface area contributed by atoms with E-state index in [1.807, 2.05) is 5.32 Å². The number of amides is 2. The van der Waals surface area contributed by atoms with Gasteiger partial charge in [-0.25, -0.2) is 13.9 Å². The molecular weight excluding hydrogens is 373 g/mol. The smallest absolute Gasteiger partial charge is 0.356 e. The van der Waals surface area contributed by atoms with Crippen LogP contribution < -0.4 is 16.6 Å². The van der Waals surface area contributed by atoms with Crippen LogP contribution in [0.5, 0.6) is 0 Å². The molecule has 0 aliphatic carbocycles. The van der Waals surface area contributed by atoms with Crippen molar-refractivity contribution in [1.29, 1.82) is 0 Å². The van der Waals surface area contributed by atoms with E-state index < -0.39 is 29.2 Å². The van der Waals surface area contributed by atoms with Gasteiger partial charge in [0.15, 0.2) is 5.69 Å². The van der Waals surface area contributed by atoms with Gasteiger partial charge in [0.1, 0.15) is 11.6 Å². The first-order chi connectivity index (χ1) is 13.3. The van der Waals surface area contributed by atoms with E-state index in [2.05, 4.69) is 5.10 Å². The molecule has 10 nitrogen and oxygen atoms in total. The van der Waals surface area contributed by atoms with Crippen molar-refractivity contribution in [2.45, 2.75) is 0 Å². The lowest BCUT2D eigenvalue weighted by Gasteiger charge is -2.16. The van der Waals surface area contributed by atoms with Crippen LogP contribution in [-0.2, 0) is 0 Å². The molecule has 4 N–H and O–H groups in total. The molecule has 2 aromatic heterocycles. The van der Waals surface area contributed by atoms with Crippen LogP contribution in [0.25, 0.3) is 11.4 Å². The van der Waals surface area contributed by atoms with E-state index in [0.29, 0.717) is 0 Å². The van der Waals surface area contributed by atoms with E-state index in [0.717, 1.165) is 27.4 Å². The van der Waals surface area contributed by atoms with E-state index in [-0.39, 0.29) is 34.0 Å². The summed E-state index contributed by atoms with van der Waals surface area (Å²) in [4.78, 5) is 47.5. The number of nitrogen functional groups attached to an aromatic ring is 1. The summed E-state index contributed by atoms with van der Waals surface area (Å²) in [6, 6.07) is 5.48. The Balaban J connectivity index is 2.01. The number of imide groups is 1. The minimum Gasteiger partial charge on any atom is -0.476 e. The second-order valence-corrected chi connectivity index (χ2v) is 5.86. The van der Waals surface area contributed by atoms with E-state index >= 15 is 0 Å². The zero-order valence-electron chi connectivity index (χ0n) is 13.8. The second-order valence-electron chi connectivity index (χ2n) is 5.86. The number of anilines is 1. The fraction of sp³-hybridized carbons (Fsp3) is 0. The number of carbonyl (C=O) groups is 3. The Morgan fingerprint density at radius 3 is 2.54 bits per heavy atom. The van der Waals surface area contributed by atoms with Crippen molar-refractivity contribution in [3.63, 3.8) is 0 Å². The number of carboxylic acid groups (broad SMARTS) is 1. The Bertz CT molecular complexity index is 1260. The zero-order chi connectivity index (χ0) is 20.2. The standard InChI is InChI=1S/C17H10FN5O5/c18-7-1-2-10(22-4-3-9(21-22)17(27)28)11(5-7)23-12(24)6-8-13(14(23)19)16(26)20-15(8)25/h1-6H,19H2,(H,27,28)(H,20,25,26). The molecule has 1 aromatic carbocycles. The minimum absolute atomic E-state index is 0.0857. The van der Waals surface area contributed by atoms with Gasteiger partial charge in [0.2, 0.25) is 0 Å². The van der Waals surface area contributed by atoms with Crippen molar-refractivity contribution in [2.24, 2.45) is 0 Å². The molecule has 0 unspecified atom stereocenters. The molecule has 0 saturated carbocycles. The lowest BCUT2D eigenvalue weighted by atomic mass is 10.1. The van der Waals surface area contributed by atoms with Gasteiger partial charge in [-0.05, 0) is 18.2 Å². The number of pyridine rings is 1. The van der Waals surface area contributed by atoms with Gasteiger partial charge in [-0.3, -0.25) is 24.3 Å². The molecule has 4 rings (SSSR count). The molecule has 2 amide bonds. The summed E-state index contributed by atoms with van der Waals surface area (Å²) in [5.41, 5.74) is 4.60. The molecule has 140 valence electrons. The number of aromatic nitrogens is 3. The number of carboxylic acids is 1. The third kappa shape index (κ3) is 2.45. The summed E-state index contributed by atoms with van der Waals surface area (Å²) >= 11 is 0. The molecule has 3 heterocycles. The topological polar surface area (TPSA) is 149 Å². The molecule has 0 fully saturated rings. The highest BCUT2D eigenvalue weighted by atomic mass is 19.1. The molecule has 1 aliphatic heterocycles. The Morgan fingerprint density at radius 2 is 1.86 bits per heavy atom.